The van der Waals surface area contributed by atoms with Crippen LogP contribution in [-0.2, 0) is 25.6 Å². The van der Waals surface area contributed by atoms with Crippen LogP contribution in [0.15, 0.2) is 4.99 Å². The second-order valence-electron chi connectivity index (χ2n) is 9.71. The molecule has 0 spiro atoms. The maximum absolute atomic E-state index is 11.4. The average molecular weight is 622 g/mol. The predicted octanol–water partition coefficient (Wildman–Crippen LogP) is 9.94. The van der Waals surface area contributed by atoms with Gasteiger partial charge in [-0.05, 0) is 103 Å². The van der Waals surface area contributed by atoms with Crippen molar-refractivity contribution in [2.75, 3.05) is 0 Å². The van der Waals surface area contributed by atoms with Crippen LogP contribution in [-0.4, -0.2) is 21.3 Å². The minimum Gasteiger partial charge on any atom is -0.494 e. The van der Waals surface area contributed by atoms with E-state index in [1.54, 1.807) is 25.5 Å². The summed E-state index contributed by atoms with van der Waals surface area (Å²) in [5, 5.41) is 9.66. The van der Waals surface area contributed by atoms with Crippen LogP contribution in [0.25, 0.3) is 19.5 Å². The summed E-state index contributed by atoms with van der Waals surface area (Å²) in [5.41, 5.74) is 11.2. The Hall–Kier alpha value is -1.90. The Balaban J connectivity index is 0.000000410. The van der Waals surface area contributed by atoms with Crippen molar-refractivity contribution in [2.45, 2.75) is 84.1 Å². The minimum atomic E-state index is -0.249. The van der Waals surface area contributed by atoms with Crippen molar-refractivity contribution in [1.82, 2.24) is 4.57 Å². The fraction of sp³-hybridized carbons (Fsp3) is 0.419. The van der Waals surface area contributed by atoms with E-state index in [-0.39, 0.29) is 45.2 Å². The molecule has 1 radical (unpaired) electrons. The van der Waals surface area contributed by atoms with E-state index in [1.165, 1.54) is 62.6 Å². The number of aromatic nitrogens is 1. The molecule has 4 aromatic heterocycles. The van der Waals surface area contributed by atoms with Gasteiger partial charge >= 0.3 is 0 Å². The first-order valence-electron chi connectivity index (χ1n) is 12.0. The summed E-state index contributed by atoms with van der Waals surface area (Å²) in [6, 6.07) is 0. The summed E-state index contributed by atoms with van der Waals surface area (Å²) in [7, 11) is 1.73. The molecule has 0 saturated heterocycles. The van der Waals surface area contributed by atoms with Gasteiger partial charge in [0.05, 0.1) is 16.8 Å². The SMILES string of the molecule is C.C.CC1=NC(=O)c2c1c(O)n(C)c2C.Cc1sc(-c2sc(-c3sc(C)c(C)c3C)c(C)c2C)c(C)c1C.[V]. The number of amides is 1. The molecule has 4 aromatic rings. The van der Waals surface area contributed by atoms with Gasteiger partial charge in [0, 0.05) is 60.6 Å². The molecule has 39 heavy (non-hydrogen) atoms. The second-order valence-corrected chi connectivity index (χ2v) is 13.2. The Morgan fingerprint density at radius 2 is 0.974 bits per heavy atom. The van der Waals surface area contributed by atoms with E-state index in [0.717, 1.165) is 5.69 Å². The smallest absolute Gasteiger partial charge is 0.279 e. The summed E-state index contributed by atoms with van der Waals surface area (Å²) in [6.45, 7) is 21.6. The van der Waals surface area contributed by atoms with E-state index in [2.05, 4.69) is 60.4 Å². The van der Waals surface area contributed by atoms with Crippen molar-refractivity contribution in [3.63, 3.8) is 0 Å². The number of carbonyl (C=O) groups is 1. The number of rotatable bonds is 2. The van der Waals surface area contributed by atoms with Gasteiger partial charge in [-0.1, -0.05) is 14.9 Å². The van der Waals surface area contributed by atoms with Crippen LogP contribution >= 0.6 is 34.0 Å². The number of aromatic hydroxyl groups is 1. The van der Waals surface area contributed by atoms with Gasteiger partial charge < -0.3 is 9.67 Å². The van der Waals surface area contributed by atoms with Crippen molar-refractivity contribution in [2.24, 2.45) is 12.0 Å². The number of hydrogen-bond donors (Lipinski definition) is 1. The molecule has 1 aliphatic rings. The van der Waals surface area contributed by atoms with Gasteiger partial charge in [-0.15, -0.1) is 34.0 Å². The molecule has 0 fully saturated rings. The molecule has 0 atom stereocenters. The van der Waals surface area contributed by atoms with E-state index in [4.69, 9.17) is 0 Å². The zero-order valence-electron chi connectivity index (χ0n) is 23.4. The van der Waals surface area contributed by atoms with E-state index >= 15 is 0 Å². The van der Waals surface area contributed by atoms with E-state index in [9.17, 15) is 9.90 Å². The van der Waals surface area contributed by atoms with E-state index in [1.807, 2.05) is 34.0 Å². The maximum Gasteiger partial charge on any atom is 0.279 e. The first-order valence-corrected chi connectivity index (χ1v) is 14.4. The van der Waals surface area contributed by atoms with Gasteiger partial charge in [-0.3, -0.25) is 4.79 Å². The Morgan fingerprint density at radius 3 is 1.31 bits per heavy atom. The number of aryl methyl sites for hydroxylation is 2. The fourth-order valence-electron chi connectivity index (χ4n) is 4.60. The summed E-state index contributed by atoms with van der Waals surface area (Å²) >= 11 is 5.89. The van der Waals surface area contributed by atoms with Gasteiger partial charge in [-0.25, -0.2) is 4.99 Å². The summed E-state index contributed by atoms with van der Waals surface area (Å²) in [4.78, 5) is 23.9. The first-order chi connectivity index (χ1) is 16.8. The molecule has 1 N–H and O–H groups in total. The predicted molar refractivity (Wildman–Crippen MR) is 171 cm³/mol. The van der Waals surface area contributed by atoms with E-state index in [0.29, 0.717) is 16.8 Å². The molecule has 0 unspecified atom stereocenters. The standard InChI is InChI=1S/C20H24S3.C9H10N2O2.2CH4.V/c1-9-11(3)17(21-15(9)7)19-13(5)14(6)20(23-19)18-12(4)10(2)16(8)22-18;1-4-6-7(8(12)10-4)5(2)11(3)9(6)13;;;/h1-8H3;13H,1-3H3;2*1H4;. The van der Waals surface area contributed by atoms with Crippen molar-refractivity contribution < 1.29 is 28.5 Å². The molecule has 0 aromatic carbocycles. The molecule has 4 nitrogen and oxygen atoms in total. The summed E-state index contributed by atoms with van der Waals surface area (Å²) in [5.74, 6) is -0.125. The Kier molecular flexibility index (Phi) is 11.5. The fourth-order valence-corrected chi connectivity index (χ4v) is 8.74. The summed E-state index contributed by atoms with van der Waals surface area (Å²) in [6.07, 6.45) is 0. The molecule has 0 aliphatic carbocycles. The van der Waals surface area contributed by atoms with Crippen LogP contribution in [0, 0.1) is 62.3 Å². The maximum atomic E-state index is 11.4. The normalized spacial score (nSPS) is 11.7. The van der Waals surface area contributed by atoms with Crippen LogP contribution < -0.4 is 0 Å². The molecular weight excluding hydrogens is 579 g/mol. The molecule has 211 valence electrons. The summed E-state index contributed by atoms with van der Waals surface area (Å²) < 4.78 is 1.60. The third-order valence-corrected chi connectivity index (χ3v) is 12.1. The average Bonchev–Trinajstić information content (AvgIpc) is 3.53. The Morgan fingerprint density at radius 1 is 0.615 bits per heavy atom. The van der Waals surface area contributed by atoms with Crippen molar-refractivity contribution in [1.29, 1.82) is 0 Å². The Bertz CT molecular complexity index is 1510. The molecule has 1 amide bonds. The first kappa shape index (κ1) is 35.1. The van der Waals surface area contributed by atoms with Gasteiger partial charge in [0.25, 0.3) is 5.91 Å². The molecular formula is C31H42N2O2S3V. The quantitative estimate of drug-likeness (QED) is 0.242. The van der Waals surface area contributed by atoms with Crippen molar-refractivity contribution in [3.05, 3.63) is 60.0 Å². The largest absolute Gasteiger partial charge is 0.494 e. The van der Waals surface area contributed by atoms with Crippen LogP contribution in [0.2, 0.25) is 0 Å². The number of aliphatic imine (C=N–C) groups is 1. The molecule has 0 saturated carbocycles. The van der Waals surface area contributed by atoms with Crippen LogP contribution in [0.5, 0.6) is 5.88 Å². The molecule has 1 aliphatic heterocycles. The topological polar surface area (TPSA) is 54.6 Å². The van der Waals surface area contributed by atoms with Gasteiger partial charge in [-0.2, -0.15) is 0 Å². The molecule has 5 rings (SSSR count). The van der Waals surface area contributed by atoms with Crippen molar-refractivity contribution >= 4 is 45.6 Å². The number of thiophene rings is 3. The van der Waals surface area contributed by atoms with Crippen LogP contribution in [0.4, 0.5) is 0 Å². The number of fused-ring (bicyclic) bond motifs is 1. The van der Waals surface area contributed by atoms with Crippen LogP contribution in [0.1, 0.15) is 86.5 Å². The minimum absolute atomic E-state index is 0. The second kappa shape index (κ2) is 12.7. The van der Waals surface area contributed by atoms with Crippen LogP contribution in [0.3, 0.4) is 0 Å². The zero-order chi connectivity index (χ0) is 26.8. The molecule has 0 bridgehead atoms. The zero-order valence-corrected chi connectivity index (χ0v) is 27.3. The van der Waals surface area contributed by atoms with Gasteiger partial charge in [0.2, 0.25) is 5.88 Å². The molecule has 8 heteroatoms. The monoisotopic (exact) mass is 621 g/mol. The van der Waals surface area contributed by atoms with Crippen molar-refractivity contribution in [3.8, 4) is 25.4 Å². The third-order valence-electron chi connectivity index (χ3n) is 7.73. The number of carbonyl (C=O) groups excluding carboxylic acids is 1. The number of nitrogens with zero attached hydrogens (tertiary/aromatic N) is 2. The third kappa shape index (κ3) is 5.66. The Labute approximate surface area is 258 Å². The van der Waals surface area contributed by atoms with E-state index < -0.39 is 0 Å². The van der Waals surface area contributed by atoms with Gasteiger partial charge in [0.15, 0.2) is 0 Å². The molecule has 5 heterocycles. The van der Waals surface area contributed by atoms with Gasteiger partial charge in [0.1, 0.15) is 0 Å². The number of hydrogen-bond acceptors (Lipinski definition) is 5.